The molecular weight excluding hydrogens is 104 g/mol. The Morgan fingerprint density at radius 1 is 1.00 bits per heavy atom. The molecule has 0 aromatic rings. The van der Waals surface area contributed by atoms with E-state index in [1.54, 1.807) is 12.2 Å². The molecule has 0 aromatic heterocycles. The van der Waals surface area contributed by atoms with Crippen LogP contribution in [0.2, 0.25) is 0 Å². The van der Waals surface area contributed by atoms with Gasteiger partial charge >= 0.3 is 0 Å². The van der Waals surface area contributed by atoms with Gasteiger partial charge in [0.1, 0.15) is 0 Å². The van der Waals surface area contributed by atoms with Crippen molar-refractivity contribution in [2.24, 2.45) is 0 Å². The SMILES string of the molecule is OC1=CCC(O)=CC1. The maximum Gasteiger partial charge on any atom is 0.0926 e. The van der Waals surface area contributed by atoms with Crippen molar-refractivity contribution < 1.29 is 10.2 Å². The van der Waals surface area contributed by atoms with E-state index in [4.69, 9.17) is 10.2 Å². The molecule has 0 spiro atoms. The quantitative estimate of drug-likeness (QED) is 0.500. The molecule has 1 rings (SSSR count). The minimum Gasteiger partial charge on any atom is -0.512 e. The van der Waals surface area contributed by atoms with Crippen LogP contribution in [0.5, 0.6) is 0 Å². The maximum atomic E-state index is 8.73. The third-order valence-electron chi connectivity index (χ3n) is 1.09. The highest BCUT2D eigenvalue weighted by atomic mass is 16.3. The first kappa shape index (κ1) is 5.22. The molecule has 44 valence electrons. The molecule has 0 aliphatic heterocycles. The molecular formula is C6H8O2. The smallest absolute Gasteiger partial charge is 0.0926 e. The van der Waals surface area contributed by atoms with E-state index in [1.807, 2.05) is 0 Å². The molecule has 0 bridgehead atoms. The fourth-order valence-electron chi connectivity index (χ4n) is 0.611. The third kappa shape index (κ3) is 1.03. The van der Waals surface area contributed by atoms with Gasteiger partial charge in [-0.25, -0.2) is 0 Å². The summed E-state index contributed by atoms with van der Waals surface area (Å²) in [5.41, 5.74) is 0. The number of hydrogen-bond donors (Lipinski definition) is 2. The topological polar surface area (TPSA) is 40.5 Å². The molecule has 0 saturated heterocycles. The zero-order valence-electron chi connectivity index (χ0n) is 4.46. The van der Waals surface area contributed by atoms with E-state index >= 15 is 0 Å². The van der Waals surface area contributed by atoms with Crippen LogP contribution < -0.4 is 0 Å². The largest absolute Gasteiger partial charge is 0.512 e. The van der Waals surface area contributed by atoms with Gasteiger partial charge in [0.15, 0.2) is 0 Å². The van der Waals surface area contributed by atoms with E-state index in [-0.39, 0.29) is 0 Å². The summed E-state index contributed by atoms with van der Waals surface area (Å²) in [6.07, 6.45) is 4.17. The van der Waals surface area contributed by atoms with Crippen LogP contribution >= 0.6 is 0 Å². The fourth-order valence-corrected chi connectivity index (χ4v) is 0.611. The number of hydrogen-bond acceptors (Lipinski definition) is 2. The second kappa shape index (κ2) is 1.90. The monoisotopic (exact) mass is 112 g/mol. The summed E-state index contributed by atoms with van der Waals surface area (Å²) >= 11 is 0. The van der Waals surface area contributed by atoms with Crippen LogP contribution in [-0.2, 0) is 0 Å². The zero-order chi connectivity index (χ0) is 5.98. The van der Waals surface area contributed by atoms with E-state index in [0.29, 0.717) is 24.4 Å². The van der Waals surface area contributed by atoms with Gasteiger partial charge in [0.05, 0.1) is 11.5 Å². The van der Waals surface area contributed by atoms with Crippen molar-refractivity contribution in [3.8, 4) is 0 Å². The van der Waals surface area contributed by atoms with Gasteiger partial charge in [-0.05, 0) is 12.2 Å². The highest BCUT2D eigenvalue weighted by molar-refractivity contribution is 5.11. The second-order valence-electron chi connectivity index (χ2n) is 1.80. The molecule has 0 atom stereocenters. The minimum atomic E-state index is 0.350. The number of rotatable bonds is 0. The second-order valence-corrected chi connectivity index (χ2v) is 1.80. The molecule has 2 nitrogen and oxygen atoms in total. The van der Waals surface area contributed by atoms with Gasteiger partial charge in [-0.15, -0.1) is 0 Å². The first-order valence-electron chi connectivity index (χ1n) is 2.55. The molecule has 0 unspecified atom stereocenters. The Bertz CT molecular complexity index is 127. The van der Waals surface area contributed by atoms with Crippen molar-refractivity contribution in [3.63, 3.8) is 0 Å². The molecule has 0 saturated carbocycles. The molecule has 2 heteroatoms. The van der Waals surface area contributed by atoms with Gasteiger partial charge in [0, 0.05) is 12.8 Å². The first-order chi connectivity index (χ1) is 3.79. The molecule has 0 heterocycles. The van der Waals surface area contributed by atoms with Crippen molar-refractivity contribution in [1.29, 1.82) is 0 Å². The normalized spacial score (nSPS) is 19.5. The fraction of sp³-hybridized carbons (Fsp3) is 0.333. The lowest BCUT2D eigenvalue weighted by Crippen LogP contribution is -1.89. The molecule has 0 amide bonds. The van der Waals surface area contributed by atoms with E-state index in [0.717, 1.165) is 0 Å². The molecule has 2 N–H and O–H groups in total. The molecule has 0 fully saturated rings. The molecule has 1 aliphatic rings. The van der Waals surface area contributed by atoms with E-state index in [2.05, 4.69) is 0 Å². The summed E-state index contributed by atoms with van der Waals surface area (Å²) in [5, 5.41) is 17.5. The summed E-state index contributed by atoms with van der Waals surface area (Å²) in [4.78, 5) is 0. The Labute approximate surface area is 47.8 Å². The summed E-state index contributed by atoms with van der Waals surface area (Å²) in [6, 6.07) is 0. The Kier molecular flexibility index (Phi) is 1.24. The number of aliphatic hydroxyl groups excluding tert-OH is 2. The number of aliphatic hydroxyl groups is 2. The lowest BCUT2D eigenvalue weighted by molar-refractivity contribution is 0.363. The van der Waals surface area contributed by atoms with Crippen LogP contribution in [0.3, 0.4) is 0 Å². The van der Waals surface area contributed by atoms with Crippen molar-refractivity contribution in [2.45, 2.75) is 12.8 Å². The van der Waals surface area contributed by atoms with Crippen molar-refractivity contribution >= 4 is 0 Å². The van der Waals surface area contributed by atoms with Gasteiger partial charge in [0.25, 0.3) is 0 Å². The standard InChI is InChI=1S/C6H8O2/c7-5-1-2-6(8)4-3-5/h1,4,7-8H,2-3H2. The maximum absolute atomic E-state index is 8.73. The average molecular weight is 112 g/mol. The molecule has 8 heavy (non-hydrogen) atoms. The average Bonchev–Trinajstić information content (AvgIpc) is 1.77. The van der Waals surface area contributed by atoms with E-state index in [9.17, 15) is 0 Å². The Balaban J connectivity index is 2.54. The van der Waals surface area contributed by atoms with Crippen LogP contribution in [0.15, 0.2) is 23.7 Å². The molecule has 0 aromatic carbocycles. The Morgan fingerprint density at radius 2 is 1.38 bits per heavy atom. The highest BCUT2D eigenvalue weighted by Gasteiger charge is 1.99. The predicted molar refractivity (Wildman–Crippen MR) is 30.7 cm³/mol. The first-order valence-corrected chi connectivity index (χ1v) is 2.55. The van der Waals surface area contributed by atoms with E-state index in [1.165, 1.54) is 0 Å². The summed E-state index contributed by atoms with van der Waals surface area (Å²) in [5.74, 6) is 0.700. The van der Waals surface area contributed by atoms with Crippen molar-refractivity contribution in [3.05, 3.63) is 23.7 Å². The van der Waals surface area contributed by atoms with Gasteiger partial charge in [-0.1, -0.05) is 0 Å². The van der Waals surface area contributed by atoms with Gasteiger partial charge < -0.3 is 10.2 Å². The lowest BCUT2D eigenvalue weighted by atomic mass is 10.1. The van der Waals surface area contributed by atoms with Crippen LogP contribution in [0.25, 0.3) is 0 Å². The van der Waals surface area contributed by atoms with Crippen LogP contribution in [0, 0.1) is 0 Å². The summed E-state index contributed by atoms with van der Waals surface area (Å²) in [7, 11) is 0. The molecule has 0 radical (unpaired) electrons. The highest BCUT2D eigenvalue weighted by Crippen LogP contribution is 2.11. The zero-order valence-corrected chi connectivity index (χ0v) is 4.46. The Hall–Kier alpha value is -0.920. The minimum absolute atomic E-state index is 0.350. The van der Waals surface area contributed by atoms with Gasteiger partial charge in [0.2, 0.25) is 0 Å². The number of allylic oxidation sites excluding steroid dienone is 2. The van der Waals surface area contributed by atoms with Gasteiger partial charge in [-0.2, -0.15) is 0 Å². The van der Waals surface area contributed by atoms with Gasteiger partial charge in [-0.3, -0.25) is 0 Å². The van der Waals surface area contributed by atoms with Crippen molar-refractivity contribution in [1.82, 2.24) is 0 Å². The third-order valence-corrected chi connectivity index (χ3v) is 1.09. The lowest BCUT2D eigenvalue weighted by Gasteiger charge is -2.02. The van der Waals surface area contributed by atoms with Crippen LogP contribution in [-0.4, -0.2) is 10.2 Å². The predicted octanol–water partition coefficient (Wildman–Crippen LogP) is 1.66. The summed E-state index contributed by atoms with van der Waals surface area (Å²) in [6.45, 7) is 0. The molecule has 1 aliphatic carbocycles. The van der Waals surface area contributed by atoms with E-state index < -0.39 is 0 Å². The van der Waals surface area contributed by atoms with Crippen LogP contribution in [0.4, 0.5) is 0 Å². The van der Waals surface area contributed by atoms with Crippen molar-refractivity contribution in [2.75, 3.05) is 0 Å². The Morgan fingerprint density at radius 3 is 1.62 bits per heavy atom. The summed E-state index contributed by atoms with van der Waals surface area (Å²) < 4.78 is 0. The van der Waals surface area contributed by atoms with Crippen LogP contribution in [0.1, 0.15) is 12.8 Å².